The van der Waals surface area contributed by atoms with Crippen LogP contribution in [0.25, 0.3) is 16.8 Å². The maximum atomic E-state index is 13.9. The lowest BCUT2D eigenvalue weighted by molar-refractivity contribution is 0.0998. The highest BCUT2D eigenvalue weighted by molar-refractivity contribution is 5.98. The van der Waals surface area contributed by atoms with Crippen LogP contribution < -0.4 is 5.73 Å². The highest BCUT2D eigenvalue weighted by Crippen LogP contribution is 2.38. The summed E-state index contributed by atoms with van der Waals surface area (Å²) in [5.74, 6) is 0.364. The zero-order chi connectivity index (χ0) is 21.5. The maximum Gasteiger partial charge on any atom is 0.249 e. The van der Waals surface area contributed by atoms with Crippen molar-refractivity contribution in [1.29, 1.82) is 0 Å². The monoisotopic (exact) mass is 393 g/mol. The third-order valence-corrected chi connectivity index (χ3v) is 5.07. The van der Waals surface area contributed by atoms with Crippen LogP contribution in [0, 0.1) is 12.7 Å². The van der Waals surface area contributed by atoms with E-state index in [0.717, 1.165) is 28.2 Å². The fourth-order valence-electron chi connectivity index (χ4n) is 3.77. The van der Waals surface area contributed by atoms with E-state index < -0.39 is 5.91 Å². The Labute approximate surface area is 171 Å². The summed E-state index contributed by atoms with van der Waals surface area (Å²) in [6.45, 7) is 12.0. The van der Waals surface area contributed by atoms with Crippen LogP contribution >= 0.6 is 0 Å². The first-order valence-corrected chi connectivity index (χ1v) is 9.79. The van der Waals surface area contributed by atoms with E-state index in [0.29, 0.717) is 11.1 Å². The van der Waals surface area contributed by atoms with Crippen LogP contribution in [0.2, 0.25) is 0 Å². The van der Waals surface area contributed by atoms with Gasteiger partial charge in [-0.15, -0.1) is 0 Å². The number of rotatable bonds is 4. The van der Waals surface area contributed by atoms with Crippen LogP contribution in [-0.4, -0.2) is 15.5 Å². The van der Waals surface area contributed by atoms with Gasteiger partial charge >= 0.3 is 0 Å². The fraction of sp³-hybridized carbons (Fsp3) is 0.333. The summed E-state index contributed by atoms with van der Waals surface area (Å²) in [6, 6.07) is 8.89. The number of hydrogen-bond donors (Lipinski definition) is 1. The number of carbonyl (C=O) groups is 1. The van der Waals surface area contributed by atoms with E-state index in [9.17, 15) is 9.18 Å². The van der Waals surface area contributed by atoms with Crippen molar-refractivity contribution in [2.24, 2.45) is 5.73 Å². The molecule has 0 saturated heterocycles. The van der Waals surface area contributed by atoms with Crippen LogP contribution in [0.1, 0.15) is 67.8 Å². The van der Waals surface area contributed by atoms with Gasteiger partial charge in [0, 0.05) is 29.6 Å². The molecule has 0 spiro atoms. The highest BCUT2D eigenvalue weighted by atomic mass is 19.1. The Morgan fingerprint density at radius 3 is 2.41 bits per heavy atom. The van der Waals surface area contributed by atoms with E-state index in [1.165, 1.54) is 6.07 Å². The Balaban J connectivity index is 2.40. The number of imidazole rings is 1. The molecule has 5 heteroatoms. The second-order valence-electron chi connectivity index (χ2n) is 8.80. The topological polar surface area (TPSA) is 60.9 Å². The van der Waals surface area contributed by atoms with Gasteiger partial charge in [-0.2, -0.15) is 0 Å². The number of nitrogens with zero attached hydrogens (tertiary/aromatic N) is 2. The van der Waals surface area contributed by atoms with Crippen molar-refractivity contribution in [1.82, 2.24) is 9.55 Å². The number of carbonyl (C=O) groups excluding carboxylic acids is 1. The molecule has 0 radical (unpaired) electrons. The van der Waals surface area contributed by atoms with Crippen molar-refractivity contribution in [3.63, 3.8) is 0 Å². The minimum atomic E-state index is -0.483. The van der Waals surface area contributed by atoms with Crippen molar-refractivity contribution < 1.29 is 9.18 Å². The predicted octanol–water partition coefficient (Wildman–Crippen LogP) is 5.51. The summed E-state index contributed by atoms with van der Waals surface area (Å²) < 4.78 is 15.9. The molecule has 3 aromatic rings. The van der Waals surface area contributed by atoms with Crippen LogP contribution in [-0.2, 0) is 5.41 Å². The molecule has 152 valence electrons. The van der Waals surface area contributed by atoms with Crippen LogP contribution in [0.4, 0.5) is 4.39 Å². The molecule has 1 amide bonds. The van der Waals surface area contributed by atoms with Crippen molar-refractivity contribution in [2.45, 2.75) is 52.9 Å². The molecule has 3 rings (SSSR count). The molecule has 0 atom stereocenters. The van der Waals surface area contributed by atoms with E-state index in [1.807, 2.05) is 49.7 Å². The number of amides is 1. The Kier molecular flexibility index (Phi) is 5.35. The van der Waals surface area contributed by atoms with Crippen molar-refractivity contribution in [3.05, 3.63) is 71.1 Å². The number of nitrogens with two attached hydrogens (primary N) is 1. The second kappa shape index (κ2) is 7.47. The van der Waals surface area contributed by atoms with Gasteiger partial charge in [0.25, 0.3) is 0 Å². The van der Waals surface area contributed by atoms with E-state index >= 15 is 0 Å². The third-order valence-electron chi connectivity index (χ3n) is 5.07. The zero-order valence-corrected chi connectivity index (χ0v) is 17.9. The number of aromatic nitrogens is 2. The van der Waals surface area contributed by atoms with Gasteiger partial charge in [0.15, 0.2) is 0 Å². The Morgan fingerprint density at radius 2 is 1.86 bits per heavy atom. The lowest BCUT2D eigenvalue weighted by atomic mass is 9.78. The third kappa shape index (κ3) is 3.95. The van der Waals surface area contributed by atoms with E-state index in [1.54, 1.807) is 19.2 Å². The Bertz CT molecular complexity index is 1070. The van der Waals surface area contributed by atoms with Gasteiger partial charge < -0.3 is 10.3 Å². The number of primary amides is 1. The molecule has 29 heavy (non-hydrogen) atoms. The molecule has 0 aliphatic rings. The average molecular weight is 394 g/mol. The molecule has 1 heterocycles. The molecule has 0 saturated carbocycles. The molecule has 0 bridgehead atoms. The van der Waals surface area contributed by atoms with Crippen molar-refractivity contribution in [3.8, 4) is 16.8 Å². The van der Waals surface area contributed by atoms with Gasteiger partial charge in [0.2, 0.25) is 5.91 Å². The van der Waals surface area contributed by atoms with Crippen molar-refractivity contribution in [2.75, 3.05) is 0 Å². The summed E-state index contributed by atoms with van der Waals surface area (Å²) >= 11 is 0. The van der Waals surface area contributed by atoms with Gasteiger partial charge in [0.05, 0.1) is 0 Å². The van der Waals surface area contributed by atoms with E-state index in [-0.39, 0.29) is 17.2 Å². The van der Waals surface area contributed by atoms with Gasteiger partial charge in [-0.25, -0.2) is 9.37 Å². The smallest absolute Gasteiger partial charge is 0.249 e. The first-order valence-electron chi connectivity index (χ1n) is 9.79. The number of aryl methyl sites for hydroxylation is 1. The Morgan fingerprint density at radius 1 is 1.17 bits per heavy atom. The quantitative estimate of drug-likeness (QED) is 0.635. The SMILES string of the molecule is Cc1cc(-c2cc(-n3ccnc3C(C)C)cc(C(N)=O)c2C(C)(C)C)ccc1F. The summed E-state index contributed by atoms with van der Waals surface area (Å²) in [6.07, 6.45) is 3.63. The minimum absolute atomic E-state index is 0.209. The van der Waals surface area contributed by atoms with Gasteiger partial charge in [0.1, 0.15) is 11.6 Å². The van der Waals surface area contributed by atoms with E-state index in [2.05, 4.69) is 18.8 Å². The molecular weight excluding hydrogens is 365 g/mol. The summed E-state index contributed by atoms with van der Waals surface area (Å²) in [5, 5.41) is 0. The van der Waals surface area contributed by atoms with Crippen LogP contribution in [0.5, 0.6) is 0 Å². The molecule has 1 aromatic heterocycles. The van der Waals surface area contributed by atoms with Crippen LogP contribution in [0.15, 0.2) is 42.7 Å². The maximum absolute atomic E-state index is 13.9. The molecule has 4 nitrogen and oxygen atoms in total. The predicted molar refractivity (Wildman–Crippen MR) is 115 cm³/mol. The van der Waals surface area contributed by atoms with E-state index in [4.69, 9.17) is 5.73 Å². The fourth-order valence-corrected chi connectivity index (χ4v) is 3.77. The lowest BCUT2D eigenvalue weighted by Crippen LogP contribution is -2.23. The standard InChI is InChI=1S/C24H28FN3O/c1-14(2)23-27-9-10-28(23)17-12-18(16-7-8-20(25)15(3)11-16)21(24(4,5)6)19(13-17)22(26)29/h7-14H,1-6H3,(H2,26,29). The Hall–Kier alpha value is -2.95. The molecule has 0 fully saturated rings. The molecule has 0 aliphatic carbocycles. The van der Waals surface area contributed by atoms with Gasteiger partial charge in [-0.1, -0.05) is 40.7 Å². The highest BCUT2D eigenvalue weighted by Gasteiger charge is 2.27. The normalized spacial score (nSPS) is 11.9. The lowest BCUT2D eigenvalue weighted by Gasteiger charge is -2.27. The first-order chi connectivity index (χ1) is 13.5. The molecule has 2 aromatic carbocycles. The number of halogens is 1. The summed E-state index contributed by atoms with van der Waals surface area (Å²) in [7, 11) is 0. The summed E-state index contributed by atoms with van der Waals surface area (Å²) in [4.78, 5) is 16.9. The molecule has 2 N–H and O–H groups in total. The largest absolute Gasteiger partial charge is 0.366 e. The minimum Gasteiger partial charge on any atom is -0.366 e. The molecule has 0 aliphatic heterocycles. The number of hydrogen-bond acceptors (Lipinski definition) is 2. The first kappa shape index (κ1) is 20.8. The average Bonchev–Trinajstić information content (AvgIpc) is 3.12. The zero-order valence-electron chi connectivity index (χ0n) is 17.9. The molecule has 0 unspecified atom stereocenters. The molecular formula is C24H28FN3O. The van der Waals surface area contributed by atoms with Crippen LogP contribution in [0.3, 0.4) is 0 Å². The second-order valence-corrected chi connectivity index (χ2v) is 8.80. The summed E-state index contributed by atoms with van der Waals surface area (Å²) in [5.41, 5.74) is 9.88. The van der Waals surface area contributed by atoms with Crippen molar-refractivity contribution >= 4 is 5.91 Å². The van der Waals surface area contributed by atoms with Gasteiger partial charge in [-0.05, 0) is 58.9 Å². The number of benzene rings is 2. The van der Waals surface area contributed by atoms with Gasteiger partial charge in [-0.3, -0.25) is 4.79 Å².